The quantitative estimate of drug-likeness (QED) is 0.378. The Morgan fingerprint density at radius 3 is 1.29 bits per heavy atom. The number of hydrogen-bond acceptors (Lipinski definition) is 0. The molecule has 0 nitrogen and oxygen atoms in total. The summed E-state index contributed by atoms with van der Waals surface area (Å²) in [4.78, 5) is 0. The highest BCUT2D eigenvalue weighted by Gasteiger charge is 2.03. The lowest BCUT2D eigenvalue weighted by Gasteiger charge is -2.07. The van der Waals surface area contributed by atoms with Gasteiger partial charge in [0.2, 0.25) is 0 Å². The normalized spacial score (nSPS) is 10.1. The van der Waals surface area contributed by atoms with E-state index in [1.807, 2.05) is 44.2 Å². The Labute approximate surface area is 195 Å². The van der Waals surface area contributed by atoms with Crippen LogP contribution in [-0.4, -0.2) is 0 Å². The molecular weight excluding hydrogens is 403 g/mol. The van der Waals surface area contributed by atoms with E-state index < -0.39 is 0 Å². The van der Waals surface area contributed by atoms with Gasteiger partial charge in [-0.15, -0.1) is 0 Å². The SMILES string of the molecule is C.CC(C)c1ccccc1Cl.CC(C)c1ccccc1F.Cc1ccccc1C(C)C. The summed E-state index contributed by atoms with van der Waals surface area (Å²) in [5.74, 6) is 1.36. The largest absolute Gasteiger partial charge is 0.207 e. The van der Waals surface area contributed by atoms with Gasteiger partial charge in [0.05, 0.1) is 0 Å². The van der Waals surface area contributed by atoms with E-state index in [1.54, 1.807) is 6.07 Å². The highest BCUT2D eigenvalue weighted by Crippen LogP contribution is 2.22. The van der Waals surface area contributed by atoms with Gasteiger partial charge in [-0.1, -0.05) is 121 Å². The summed E-state index contributed by atoms with van der Waals surface area (Å²) >= 11 is 5.92. The summed E-state index contributed by atoms with van der Waals surface area (Å²) in [7, 11) is 0. The number of aryl methyl sites for hydroxylation is 1. The molecule has 0 amide bonds. The van der Waals surface area contributed by atoms with Crippen molar-refractivity contribution in [2.75, 3.05) is 0 Å². The molecule has 0 N–H and O–H groups in total. The lowest BCUT2D eigenvalue weighted by molar-refractivity contribution is 0.598. The van der Waals surface area contributed by atoms with E-state index in [0.717, 1.165) is 10.6 Å². The van der Waals surface area contributed by atoms with Gasteiger partial charge < -0.3 is 0 Å². The van der Waals surface area contributed by atoms with Crippen LogP contribution >= 0.6 is 11.6 Å². The average Bonchev–Trinajstić information content (AvgIpc) is 2.69. The fourth-order valence-corrected chi connectivity index (χ4v) is 3.48. The van der Waals surface area contributed by atoms with Crippen molar-refractivity contribution in [1.82, 2.24) is 0 Å². The van der Waals surface area contributed by atoms with Crippen LogP contribution in [0, 0.1) is 12.7 Å². The van der Waals surface area contributed by atoms with Gasteiger partial charge in [-0.2, -0.15) is 0 Å². The van der Waals surface area contributed by atoms with Crippen molar-refractivity contribution in [3.8, 4) is 0 Å². The smallest absolute Gasteiger partial charge is 0.126 e. The molecule has 3 rings (SSSR count). The van der Waals surface area contributed by atoms with E-state index in [2.05, 4.69) is 65.0 Å². The molecule has 0 unspecified atom stereocenters. The monoisotopic (exact) mass is 442 g/mol. The molecular formula is C29H40ClF. The second-order valence-corrected chi connectivity index (χ2v) is 8.77. The highest BCUT2D eigenvalue weighted by molar-refractivity contribution is 6.31. The number of halogens is 2. The van der Waals surface area contributed by atoms with Gasteiger partial charge in [-0.25, -0.2) is 4.39 Å². The zero-order chi connectivity index (χ0) is 22.7. The summed E-state index contributed by atoms with van der Waals surface area (Å²) < 4.78 is 12.8. The van der Waals surface area contributed by atoms with Crippen LogP contribution in [0.3, 0.4) is 0 Å². The van der Waals surface area contributed by atoms with Crippen molar-refractivity contribution in [1.29, 1.82) is 0 Å². The molecule has 0 radical (unpaired) electrons. The zero-order valence-corrected chi connectivity index (χ0v) is 20.2. The Bertz CT molecular complexity index is 763. The van der Waals surface area contributed by atoms with Crippen molar-refractivity contribution in [3.63, 3.8) is 0 Å². The van der Waals surface area contributed by atoms with Gasteiger partial charge in [0.1, 0.15) is 5.82 Å². The van der Waals surface area contributed by atoms with Crippen LogP contribution in [-0.2, 0) is 0 Å². The van der Waals surface area contributed by atoms with Gasteiger partial charge in [0, 0.05) is 5.02 Å². The minimum absolute atomic E-state index is 0. The van der Waals surface area contributed by atoms with Crippen LogP contribution in [0.5, 0.6) is 0 Å². The Morgan fingerprint density at radius 2 is 0.968 bits per heavy atom. The fraction of sp³-hybridized carbons (Fsp3) is 0.379. The van der Waals surface area contributed by atoms with Gasteiger partial charge >= 0.3 is 0 Å². The van der Waals surface area contributed by atoms with Gasteiger partial charge in [0.25, 0.3) is 0 Å². The molecule has 2 heteroatoms. The topological polar surface area (TPSA) is 0 Å². The first-order valence-electron chi connectivity index (χ1n) is 10.7. The van der Waals surface area contributed by atoms with E-state index in [9.17, 15) is 4.39 Å². The Balaban J connectivity index is 0.000000429. The Hall–Kier alpha value is -2.12. The lowest BCUT2D eigenvalue weighted by atomic mass is 9.99. The van der Waals surface area contributed by atoms with E-state index in [4.69, 9.17) is 11.6 Å². The molecule has 3 aromatic carbocycles. The van der Waals surface area contributed by atoms with Crippen molar-refractivity contribution in [3.05, 3.63) is 106 Å². The summed E-state index contributed by atoms with van der Waals surface area (Å²) in [5.41, 5.74) is 4.88. The van der Waals surface area contributed by atoms with Crippen LogP contribution in [0.25, 0.3) is 0 Å². The molecule has 0 atom stereocenters. The molecule has 0 spiro atoms. The fourth-order valence-electron chi connectivity index (χ4n) is 3.12. The second kappa shape index (κ2) is 14.8. The summed E-state index contributed by atoms with van der Waals surface area (Å²) in [6.07, 6.45) is 0. The summed E-state index contributed by atoms with van der Waals surface area (Å²) in [5, 5.41) is 0.873. The maximum Gasteiger partial charge on any atom is 0.126 e. The van der Waals surface area contributed by atoms with Crippen molar-refractivity contribution < 1.29 is 4.39 Å². The molecule has 31 heavy (non-hydrogen) atoms. The molecule has 0 aliphatic carbocycles. The summed E-state index contributed by atoms with van der Waals surface area (Å²) in [6, 6.07) is 23.4. The first-order chi connectivity index (χ1) is 14.1. The number of hydrogen-bond donors (Lipinski definition) is 0. The van der Waals surface area contributed by atoms with Crippen molar-refractivity contribution in [2.24, 2.45) is 0 Å². The number of benzene rings is 3. The molecule has 3 aromatic rings. The van der Waals surface area contributed by atoms with Crippen LogP contribution < -0.4 is 0 Å². The van der Waals surface area contributed by atoms with E-state index in [0.29, 0.717) is 11.8 Å². The van der Waals surface area contributed by atoms with Gasteiger partial charge in [-0.3, -0.25) is 0 Å². The average molecular weight is 443 g/mol. The minimum atomic E-state index is -0.0995. The standard InChI is InChI=1S/C10H14.C9H11Cl.C9H11F.CH4/c1-8(2)10-7-5-4-6-9(10)3;2*1-7(2)8-5-3-4-6-9(8)10;/h4-8H,1-3H3;2*3-7H,1-2H3;1H4. The first-order valence-corrected chi connectivity index (χ1v) is 11.1. The van der Waals surface area contributed by atoms with E-state index in [-0.39, 0.29) is 19.2 Å². The van der Waals surface area contributed by atoms with E-state index in [1.165, 1.54) is 22.8 Å². The molecule has 0 fully saturated rings. The van der Waals surface area contributed by atoms with Crippen LogP contribution in [0.1, 0.15) is 89.0 Å². The molecule has 0 saturated carbocycles. The molecule has 0 bridgehead atoms. The van der Waals surface area contributed by atoms with Crippen LogP contribution in [0.15, 0.2) is 72.8 Å². The predicted octanol–water partition coefficient (Wildman–Crippen LogP) is 10.2. The molecule has 0 aromatic heterocycles. The zero-order valence-electron chi connectivity index (χ0n) is 19.4. The maximum absolute atomic E-state index is 12.8. The summed E-state index contributed by atoms with van der Waals surface area (Å²) in [6.45, 7) is 14.9. The highest BCUT2D eigenvalue weighted by atomic mass is 35.5. The van der Waals surface area contributed by atoms with E-state index >= 15 is 0 Å². The van der Waals surface area contributed by atoms with Crippen LogP contribution in [0.2, 0.25) is 5.02 Å². The van der Waals surface area contributed by atoms with Crippen molar-refractivity contribution >= 4 is 11.6 Å². The third-order valence-corrected chi connectivity index (χ3v) is 5.21. The second-order valence-electron chi connectivity index (χ2n) is 8.36. The van der Waals surface area contributed by atoms with Gasteiger partial charge in [-0.05, 0) is 59.1 Å². The third-order valence-electron chi connectivity index (χ3n) is 4.86. The minimum Gasteiger partial charge on any atom is -0.207 e. The lowest BCUT2D eigenvalue weighted by Crippen LogP contribution is -1.90. The first kappa shape index (κ1) is 28.9. The maximum atomic E-state index is 12.8. The molecule has 0 saturated heterocycles. The number of rotatable bonds is 3. The molecule has 0 heterocycles. The third kappa shape index (κ3) is 10.2. The predicted molar refractivity (Wildman–Crippen MR) is 138 cm³/mol. The molecule has 0 aliphatic rings. The Kier molecular flexibility index (Phi) is 13.8. The van der Waals surface area contributed by atoms with Crippen LogP contribution in [0.4, 0.5) is 4.39 Å². The van der Waals surface area contributed by atoms with Gasteiger partial charge in [0.15, 0.2) is 0 Å². The molecule has 0 aliphatic heterocycles. The molecule has 170 valence electrons. The van der Waals surface area contributed by atoms with Crippen molar-refractivity contribution in [2.45, 2.75) is 73.6 Å². The Morgan fingerprint density at radius 1 is 0.581 bits per heavy atom.